The maximum Gasteiger partial charge on any atom is 0.334 e. The lowest BCUT2D eigenvalue weighted by Crippen LogP contribution is -2.36. The van der Waals surface area contributed by atoms with Gasteiger partial charge in [-0.1, -0.05) is 6.58 Å². The Morgan fingerprint density at radius 3 is 2.19 bits per heavy atom. The first-order valence-corrected chi connectivity index (χ1v) is 5.12. The standard InChI is InChI=1S/C11H20N2O3/c1-6-16-11(15)9(2)7-13(5)8-10(14)12(3)4/h2,6-8H2,1,3-5H3. The molecule has 0 unspecified atom stereocenters. The number of carbonyl (C=O) groups is 2. The molecule has 0 atom stereocenters. The number of rotatable bonds is 6. The molecular formula is C11H20N2O3. The molecule has 0 aromatic carbocycles. The summed E-state index contributed by atoms with van der Waals surface area (Å²) in [6.45, 7) is 6.28. The summed E-state index contributed by atoms with van der Waals surface area (Å²) in [5.41, 5.74) is 0.357. The van der Waals surface area contributed by atoms with Gasteiger partial charge < -0.3 is 9.64 Å². The molecule has 0 aliphatic carbocycles. The van der Waals surface area contributed by atoms with E-state index in [9.17, 15) is 9.59 Å². The van der Waals surface area contributed by atoms with E-state index in [1.807, 2.05) is 0 Å². The van der Waals surface area contributed by atoms with Crippen LogP contribution in [0.25, 0.3) is 0 Å². The van der Waals surface area contributed by atoms with E-state index in [2.05, 4.69) is 6.58 Å². The van der Waals surface area contributed by atoms with E-state index in [4.69, 9.17) is 4.74 Å². The Hall–Kier alpha value is -1.36. The van der Waals surface area contributed by atoms with Crippen molar-refractivity contribution in [2.24, 2.45) is 0 Å². The van der Waals surface area contributed by atoms with Crippen LogP contribution in [0.2, 0.25) is 0 Å². The summed E-state index contributed by atoms with van der Waals surface area (Å²) in [5, 5.41) is 0. The largest absolute Gasteiger partial charge is 0.463 e. The predicted molar refractivity (Wildman–Crippen MR) is 62.0 cm³/mol. The molecule has 0 saturated heterocycles. The molecule has 0 saturated carbocycles. The first-order chi connectivity index (χ1) is 7.38. The molecular weight excluding hydrogens is 208 g/mol. The van der Waals surface area contributed by atoms with Crippen LogP contribution in [0.3, 0.4) is 0 Å². The Labute approximate surface area is 96.7 Å². The second-order valence-electron chi connectivity index (χ2n) is 3.78. The van der Waals surface area contributed by atoms with Gasteiger partial charge in [0, 0.05) is 26.2 Å². The quantitative estimate of drug-likeness (QED) is 0.479. The highest BCUT2D eigenvalue weighted by molar-refractivity contribution is 5.88. The number of hydrogen-bond donors (Lipinski definition) is 0. The van der Waals surface area contributed by atoms with E-state index in [0.29, 0.717) is 18.7 Å². The van der Waals surface area contributed by atoms with Crippen molar-refractivity contribution in [3.8, 4) is 0 Å². The van der Waals surface area contributed by atoms with Gasteiger partial charge in [0.1, 0.15) is 0 Å². The predicted octanol–water partition coefficient (Wildman–Crippen LogP) is 0.126. The molecule has 0 aliphatic heterocycles. The number of amides is 1. The van der Waals surface area contributed by atoms with Gasteiger partial charge in [-0.05, 0) is 14.0 Å². The van der Waals surface area contributed by atoms with Crippen molar-refractivity contribution in [3.05, 3.63) is 12.2 Å². The summed E-state index contributed by atoms with van der Waals surface area (Å²) >= 11 is 0. The molecule has 5 nitrogen and oxygen atoms in total. The summed E-state index contributed by atoms with van der Waals surface area (Å²) in [6, 6.07) is 0. The second-order valence-corrected chi connectivity index (χ2v) is 3.78. The molecule has 0 aromatic rings. The van der Waals surface area contributed by atoms with E-state index in [1.54, 1.807) is 33.0 Å². The fourth-order valence-electron chi connectivity index (χ4n) is 1.05. The van der Waals surface area contributed by atoms with Gasteiger partial charge in [-0.2, -0.15) is 0 Å². The molecule has 0 rings (SSSR count). The van der Waals surface area contributed by atoms with Gasteiger partial charge in [0.25, 0.3) is 0 Å². The lowest BCUT2D eigenvalue weighted by molar-refractivity contribution is -0.139. The number of ether oxygens (including phenoxy) is 1. The monoisotopic (exact) mass is 228 g/mol. The van der Waals surface area contributed by atoms with Gasteiger partial charge >= 0.3 is 5.97 Å². The summed E-state index contributed by atoms with van der Waals surface area (Å²) in [6.07, 6.45) is 0. The van der Waals surface area contributed by atoms with Gasteiger partial charge in [0.2, 0.25) is 5.91 Å². The van der Waals surface area contributed by atoms with Crippen molar-refractivity contribution in [2.75, 3.05) is 40.8 Å². The van der Waals surface area contributed by atoms with E-state index in [-0.39, 0.29) is 12.5 Å². The zero-order valence-corrected chi connectivity index (χ0v) is 10.4. The Bertz CT molecular complexity index is 274. The highest BCUT2D eigenvalue weighted by atomic mass is 16.5. The molecule has 0 aromatic heterocycles. The molecule has 0 aliphatic rings. The molecule has 16 heavy (non-hydrogen) atoms. The van der Waals surface area contributed by atoms with Crippen molar-refractivity contribution in [1.29, 1.82) is 0 Å². The van der Waals surface area contributed by atoms with E-state index < -0.39 is 5.97 Å². The van der Waals surface area contributed by atoms with Crippen molar-refractivity contribution < 1.29 is 14.3 Å². The summed E-state index contributed by atoms with van der Waals surface area (Å²) in [7, 11) is 5.14. The molecule has 0 bridgehead atoms. The Morgan fingerprint density at radius 1 is 1.19 bits per heavy atom. The van der Waals surface area contributed by atoms with Gasteiger partial charge in [0.05, 0.1) is 13.2 Å². The Balaban J connectivity index is 4.05. The van der Waals surface area contributed by atoms with Crippen molar-refractivity contribution in [1.82, 2.24) is 9.80 Å². The summed E-state index contributed by atoms with van der Waals surface area (Å²) < 4.78 is 4.80. The number of nitrogens with zero attached hydrogens (tertiary/aromatic N) is 2. The first-order valence-electron chi connectivity index (χ1n) is 5.12. The van der Waals surface area contributed by atoms with Crippen LogP contribution in [0.4, 0.5) is 0 Å². The van der Waals surface area contributed by atoms with Crippen LogP contribution in [0.5, 0.6) is 0 Å². The van der Waals surface area contributed by atoms with Crippen LogP contribution < -0.4 is 0 Å². The third-order valence-electron chi connectivity index (χ3n) is 1.93. The van der Waals surface area contributed by atoms with Crippen molar-refractivity contribution in [2.45, 2.75) is 6.92 Å². The minimum atomic E-state index is -0.411. The Morgan fingerprint density at radius 2 is 1.75 bits per heavy atom. The highest BCUT2D eigenvalue weighted by Crippen LogP contribution is 1.98. The molecule has 92 valence electrons. The average Bonchev–Trinajstić information content (AvgIpc) is 2.17. The van der Waals surface area contributed by atoms with Crippen molar-refractivity contribution in [3.63, 3.8) is 0 Å². The van der Waals surface area contributed by atoms with Crippen molar-refractivity contribution >= 4 is 11.9 Å². The van der Waals surface area contributed by atoms with Crippen LogP contribution in [0.15, 0.2) is 12.2 Å². The van der Waals surface area contributed by atoms with Crippen LogP contribution in [-0.4, -0.2) is 62.5 Å². The first kappa shape index (κ1) is 14.6. The van der Waals surface area contributed by atoms with E-state index in [1.165, 1.54) is 4.90 Å². The molecule has 0 heterocycles. The van der Waals surface area contributed by atoms with Gasteiger partial charge in [-0.25, -0.2) is 4.79 Å². The minimum Gasteiger partial charge on any atom is -0.463 e. The van der Waals surface area contributed by atoms with E-state index in [0.717, 1.165) is 0 Å². The fraction of sp³-hybridized carbons (Fsp3) is 0.636. The third kappa shape index (κ3) is 5.50. The number of carbonyl (C=O) groups excluding carboxylic acids is 2. The van der Waals surface area contributed by atoms with Crippen LogP contribution in [0.1, 0.15) is 6.92 Å². The van der Waals surface area contributed by atoms with Gasteiger partial charge in [0.15, 0.2) is 0 Å². The Kier molecular flexibility index (Phi) is 6.41. The average molecular weight is 228 g/mol. The molecule has 0 spiro atoms. The van der Waals surface area contributed by atoms with Gasteiger partial charge in [-0.3, -0.25) is 9.69 Å². The third-order valence-corrected chi connectivity index (χ3v) is 1.93. The van der Waals surface area contributed by atoms with Crippen LogP contribution >= 0.6 is 0 Å². The molecule has 0 fully saturated rings. The maximum atomic E-state index is 11.4. The van der Waals surface area contributed by atoms with Gasteiger partial charge in [-0.15, -0.1) is 0 Å². The smallest absolute Gasteiger partial charge is 0.334 e. The maximum absolute atomic E-state index is 11.4. The SMILES string of the molecule is C=C(CN(C)CC(=O)N(C)C)C(=O)OCC. The lowest BCUT2D eigenvalue weighted by Gasteiger charge is -2.19. The number of likely N-dealkylation sites (N-methyl/N-ethyl adjacent to an activating group) is 2. The second kappa shape index (κ2) is 7.00. The molecule has 5 heteroatoms. The van der Waals surface area contributed by atoms with E-state index >= 15 is 0 Å². The summed E-state index contributed by atoms with van der Waals surface area (Å²) in [4.78, 5) is 25.9. The zero-order valence-electron chi connectivity index (χ0n) is 10.4. The molecule has 0 N–H and O–H groups in total. The number of hydrogen-bond acceptors (Lipinski definition) is 4. The zero-order chi connectivity index (χ0) is 12.7. The molecule has 1 amide bonds. The highest BCUT2D eigenvalue weighted by Gasteiger charge is 2.13. The normalized spacial score (nSPS) is 10.1. The topological polar surface area (TPSA) is 49.9 Å². The minimum absolute atomic E-state index is 0.0147. The fourth-order valence-corrected chi connectivity index (χ4v) is 1.05. The lowest BCUT2D eigenvalue weighted by atomic mass is 10.3. The molecule has 0 radical (unpaired) electrons. The van der Waals surface area contributed by atoms with Crippen LogP contribution in [-0.2, 0) is 14.3 Å². The summed E-state index contributed by atoms with van der Waals surface area (Å²) in [5.74, 6) is -0.425. The van der Waals surface area contributed by atoms with Crippen LogP contribution in [0, 0.1) is 0 Å². The number of esters is 1.